The Balaban J connectivity index is 2.12. The van der Waals surface area contributed by atoms with Gasteiger partial charge >= 0.3 is 6.09 Å². The van der Waals surface area contributed by atoms with Gasteiger partial charge in [-0.2, -0.15) is 0 Å². The molecular weight excluding hydrogens is 571 g/mol. The van der Waals surface area contributed by atoms with Gasteiger partial charge in [0.25, 0.3) is 5.69 Å². The molecule has 9 heteroatoms. The molecule has 178 valence electrons. The highest BCUT2D eigenvalue weighted by molar-refractivity contribution is 14.1. The quantitative estimate of drug-likeness (QED) is 0.148. The molecule has 7 nitrogen and oxygen atoms in total. The Labute approximate surface area is 216 Å². The van der Waals surface area contributed by atoms with Crippen molar-refractivity contribution in [2.45, 2.75) is 20.5 Å². The van der Waals surface area contributed by atoms with Gasteiger partial charge in [0.15, 0.2) is 0 Å². The molecular formula is C25H24ClIN2O5. The molecule has 0 aliphatic carbocycles. The summed E-state index contributed by atoms with van der Waals surface area (Å²) < 4.78 is 12.3. The maximum atomic E-state index is 13.0. The summed E-state index contributed by atoms with van der Waals surface area (Å²) in [5.74, 6) is 0.602. The lowest BCUT2D eigenvalue weighted by Gasteiger charge is -2.24. The number of hydrogen-bond acceptors (Lipinski definition) is 5. The van der Waals surface area contributed by atoms with Crippen molar-refractivity contribution in [3.63, 3.8) is 0 Å². The highest BCUT2D eigenvalue weighted by Gasteiger charge is 2.23. The second-order valence-electron chi connectivity index (χ2n) is 7.91. The van der Waals surface area contributed by atoms with E-state index in [0.29, 0.717) is 16.8 Å². The zero-order valence-corrected chi connectivity index (χ0v) is 21.7. The molecule has 0 saturated carbocycles. The van der Waals surface area contributed by atoms with E-state index in [1.165, 1.54) is 22.6 Å². The normalized spacial score (nSPS) is 11.2. The number of carbonyl (C=O) groups is 1. The summed E-state index contributed by atoms with van der Waals surface area (Å²) in [7, 11) is 0. The SMILES string of the molecule is CC(C)COC(=O)N(C/C=C/Cl)c1cc(OCc2ccccc2)c2cc([N+](=O)[O-])ccc2c1I. The van der Waals surface area contributed by atoms with Crippen molar-refractivity contribution in [1.82, 2.24) is 0 Å². The van der Waals surface area contributed by atoms with Gasteiger partial charge in [0.05, 0.1) is 17.2 Å². The predicted molar refractivity (Wildman–Crippen MR) is 143 cm³/mol. The van der Waals surface area contributed by atoms with E-state index in [-0.39, 0.29) is 31.4 Å². The minimum absolute atomic E-state index is 0.0427. The summed E-state index contributed by atoms with van der Waals surface area (Å²) in [4.78, 5) is 25.4. The number of halogens is 2. The highest BCUT2D eigenvalue weighted by atomic mass is 127. The van der Waals surface area contributed by atoms with Crippen LogP contribution in [0.4, 0.5) is 16.2 Å². The van der Waals surface area contributed by atoms with Crippen LogP contribution in [0, 0.1) is 19.6 Å². The van der Waals surface area contributed by atoms with Gasteiger partial charge < -0.3 is 9.47 Å². The molecule has 0 aliphatic heterocycles. The van der Waals surface area contributed by atoms with E-state index in [4.69, 9.17) is 21.1 Å². The van der Waals surface area contributed by atoms with Gasteiger partial charge in [-0.15, -0.1) is 0 Å². The van der Waals surface area contributed by atoms with Gasteiger partial charge in [-0.3, -0.25) is 15.0 Å². The van der Waals surface area contributed by atoms with Crippen LogP contribution in [-0.4, -0.2) is 24.2 Å². The molecule has 0 saturated heterocycles. The molecule has 0 atom stereocenters. The maximum Gasteiger partial charge on any atom is 0.414 e. The number of carbonyl (C=O) groups excluding carboxylic acids is 1. The van der Waals surface area contributed by atoms with Gasteiger partial charge in [-0.1, -0.05) is 61.9 Å². The molecule has 0 radical (unpaired) electrons. The van der Waals surface area contributed by atoms with Crippen molar-refractivity contribution >= 4 is 62.4 Å². The second kappa shape index (κ2) is 12.0. The van der Waals surface area contributed by atoms with Crippen molar-refractivity contribution in [3.8, 4) is 5.75 Å². The average Bonchev–Trinajstić information content (AvgIpc) is 2.83. The van der Waals surface area contributed by atoms with Crippen LogP contribution in [-0.2, 0) is 11.3 Å². The Kier molecular flexibility index (Phi) is 9.12. The number of anilines is 1. The summed E-state index contributed by atoms with van der Waals surface area (Å²) in [5, 5.41) is 12.7. The largest absolute Gasteiger partial charge is 0.488 e. The van der Waals surface area contributed by atoms with Crippen LogP contribution >= 0.6 is 34.2 Å². The number of hydrogen-bond donors (Lipinski definition) is 0. The highest BCUT2D eigenvalue weighted by Crippen LogP contribution is 2.39. The van der Waals surface area contributed by atoms with Crippen LogP contribution < -0.4 is 9.64 Å². The fraction of sp³-hybridized carbons (Fsp3) is 0.240. The molecule has 0 N–H and O–H groups in total. The number of nitrogens with zero attached hydrogens (tertiary/aromatic N) is 2. The van der Waals surface area contributed by atoms with E-state index in [2.05, 4.69) is 22.6 Å². The third-order valence-corrected chi connectivity index (χ3v) is 6.19. The Morgan fingerprint density at radius 2 is 1.91 bits per heavy atom. The number of benzene rings is 3. The molecule has 3 aromatic rings. The standard InChI is InChI=1S/C25H24ClIN2O5/c1-17(2)15-34-25(30)28(12-6-11-26)22-14-23(33-16-18-7-4-3-5-8-18)21-13-19(29(31)32)9-10-20(21)24(22)27/h3-11,13-14,17H,12,15-16H2,1-2H3/b11-6+. The minimum atomic E-state index is -0.517. The molecule has 3 rings (SSSR count). The number of non-ortho nitro benzene ring substituents is 1. The molecule has 0 unspecified atom stereocenters. The Morgan fingerprint density at radius 3 is 2.56 bits per heavy atom. The van der Waals surface area contributed by atoms with Gasteiger partial charge in [0, 0.05) is 44.6 Å². The van der Waals surface area contributed by atoms with E-state index in [0.717, 1.165) is 14.5 Å². The summed E-state index contributed by atoms with van der Waals surface area (Å²) in [6, 6.07) is 15.9. The van der Waals surface area contributed by atoms with E-state index >= 15 is 0 Å². The van der Waals surface area contributed by atoms with Crippen molar-refractivity contribution in [3.05, 3.63) is 85.5 Å². The van der Waals surface area contributed by atoms with Crippen LogP contribution in [0.25, 0.3) is 10.8 Å². The molecule has 3 aromatic carbocycles. The van der Waals surface area contributed by atoms with Crippen LogP contribution in [0.3, 0.4) is 0 Å². The monoisotopic (exact) mass is 594 g/mol. The molecule has 0 aliphatic rings. The summed E-state index contributed by atoms with van der Waals surface area (Å²) in [6.45, 7) is 4.63. The first-order valence-electron chi connectivity index (χ1n) is 10.6. The lowest BCUT2D eigenvalue weighted by molar-refractivity contribution is -0.384. The first-order valence-corrected chi connectivity index (χ1v) is 12.1. The number of amides is 1. The van der Waals surface area contributed by atoms with E-state index in [9.17, 15) is 14.9 Å². The first-order chi connectivity index (χ1) is 16.3. The van der Waals surface area contributed by atoms with Gasteiger partial charge in [0.2, 0.25) is 0 Å². The Bertz CT molecular complexity index is 1200. The molecule has 1 amide bonds. The predicted octanol–water partition coefficient (Wildman–Crippen LogP) is 7.28. The number of nitro benzene ring substituents is 1. The number of rotatable bonds is 9. The molecule has 0 spiro atoms. The third kappa shape index (κ3) is 6.38. The average molecular weight is 595 g/mol. The summed E-state index contributed by atoms with van der Waals surface area (Å²) in [5.41, 5.74) is 2.80. The molecule has 0 fully saturated rings. The van der Waals surface area contributed by atoms with Crippen LogP contribution in [0.5, 0.6) is 5.75 Å². The summed E-state index contributed by atoms with van der Waals surface area (Å²) >= 11 is 7.88. The van der Waals surface area contributed by atoms with Crippen molar-refractivity contribution in [1.29, 1.82) is 0 Å². The Morgan fingerprint density at radius 1 is 1.18 bits per heavy atom. The van der Waals surface area contributed by atoms with E-state index in [1.54, 1.807) is 18.2 Å². The van der Waals surface area contributed by atoms with Gasteiger partial charge in [-0.05, 0) is 40.1 Å². The lowest BCUT2D eigenvalue weighted by Crippen LogP contribution is -2.33. The smallest absolute Gasteiger partial charge is 0.414 e. The molecule has 0 heterocycles. The zero-order chi connectivity index (χ0) is 24.7. The third-order valence-electron chi connectivity index (χ3n) is 4.87. The second-order valence-corrected chi connectivity index (χ2v) is 9.24. The number of ether oxygens (including phenoxy) is 2. The van der Waals surface area contributed by atoms with E-state index in [1.807, 2.05) is 44.2 Å². The Hall–Kier alpha value is -2.85. The molecule has 0 bridgehead atoms. The van der Waals surface area contributed by atoms with Crippen LogP contribution in [0.1, 0.15) is 19.4 Å². The zero-order valence-electron chi connectivity index (χ0n) is 18.7. The van der Waals surface area contributed by atoms with Crippen LogP contribution in [0.15, 0.2) is 66.2 Å². The van der Waals surface area contributed by atoms with Crippen LogP contribution in [0.2, 0.25) is 0 Å². The molecule has 34 heavy (non-hydrogen) atoms. The van der Waals surface area contributed by atoms with Crippen molar-refractivity contribution < 1.29 is 19.2 Å². The van der Waals surface area contributed by atoms with Crippen molar-refractivity contribution in [2.24, 2.45) is 5.92 Å². The van der Waals surface area contributed by atoms with Gasteiger partial charge in [0.1, 0.15) is 12.4 Å². The minimum Gasteiger partial charge on any atom is -0.488 e. The fourth-order valence-electron chi connectivity index (χ4n) is 3.23. The summed E-state index contributed by atoms with van der Waals surface area (Å²) in [6.07, 6.45) is 1.12. The fourth-order valence-corrected chi connectivity index (χ4v) is 4.22. The van der Waals surface area contributed by atoms with Gasteiger partial charge in [-0.25, -0.2) is 4.79 Å². The number of nitro groups is 1. The topological polar surface area (TPSA) is 81.9 Å². The number of fused-ring (bicyclic) bond motifs is 1. The lowest BCUT2D eigenvalue weighted by atomic mass is 10.1. The molecule has 0 aromatic heterocycles. The first kappa shape index (κ1) is 25.8. The van der Waals surface area contributed by atoms with Crippen molar-refractivity contribution in [2.75, 3.05) is 18.1 Å². The van der Waals surface area contributed by atoms with E-state index < -0.39 is 11.0 Å². The maximum absolute atomic E-state index is 13.0.